The number of nitrogens with zero attached hydrogens (tertiary/aromatic N) is 1. The Hall–Kier alpha value is -1.74. The average Bonchev–Trinajstić information content (AvgIpc) is 2.30. The van der Waals surface area contributed by atoms with Crippen molar-refractivity contribution in [3.63, 3.8) is 0 Å². The lowest BCUT2D eigenvalue weighted by Crippen LogP contribution is -2.00. The molecule has 0 fully saturated rings. The third-order valence-electron chi connectivity index (χ3n) is 2.30. The third-order valence-corrected chi connectivity index (χ3v) is 2.30. The Labute approximate surface area is 87.6 Å². The highest BCUT2D eigenvalue weighted by atomic mass is 19.1. The first-order chi connectivity index (χ1) is 7.33. The molecule has 2 N–H and O–H groups in total. The monoisotopic (exact) mass is 202 g/mol. The van der Waals surface area contributed by atoms with E-state index in [-0.39, 0.29) is 5.82 Å². The summed E-state index contributed by atoms with van der Waals surface area (Å²) in [5, 5.41) is 0. The lowest BCUT2D eigenvalue weighted by Gasteiger charge is -2.07. The van der Waals surface area contributed by atoms with Gasteiger partial charge in [-0.15, -0.1) is 0 Å². The Morgan fingerprint density at radius 1 is 1.13 bits per heavy atom. The SMILES string of the molecule is NCc1ccncc1-c1ccccc1F. The van der Waals surface area contributed by atoms with Crippen molar-refractivity contribution in [2.75, 3.05) is 0 Å². The maximum atomic E-state index is 13.5. The van der Waals surface area contributed by atoms with Gasteiger partial charge in [0.1, 0.15) is 5.82 Å². The van der Waals surface area contributed by atoms with Crippen LogP contribution in [0.2, 0.25) is 0 Å². The van der Waals surface area contributed by atoms with Gasteiger partial charge in [-0.25, -0.2) is 4.39 Å². The van der Waals surface area contributed by atoms with E-state index in [1.165, 1.54) is 6.07 Å². The van der Waals surface area contributed by atoms with E-state index in [4.69, 9.17) is 5.73 Å². The van der Waals surface area contributed by atoms with Gasteiger partial charge in [-0.3, -0.25) is 4.98 Å². The minimum absolute atomic E-state index is 0.250. The maximum absolute atomic E-state index is 13.5. The molecule has 2 aromatic rings. The van der Waals surface area contributed by atoms with Crippen LogP contribution in [0.25, 0.3) is 11.1 Å². The molecule has 15 heavy (non-hydrogen) atoms. The molecule has 0 aliphatic carbocycles. The second kappa shape index (κ2) is 4.19. The van der Waals surface area contributed by atoms with Crippen molar-refractivity contribution in [2.45, 2.75) is 6.54 Å². The van der Waals surface area contributed by atoms with Crippen LogP contribution in [0.4, 0.5) is 4.39 Å². The minimum atomic E-state index is -0.250. The molecule has 0 atom stereocenters. The predicted molar refractivity (Wildman–Crippen MR) is 57.5 cm³/mol. The van der Waals surface area contributed by atoms with Gasteiger partial charge in [0, 0.05) is 30.1 Å². The first kappa shape index (κ1) is 9.80. The van der Waals surface area contributed by atoms with Crippen LogP contribution in [0.3, 0.4) is 0 Å². The molecule has 3 heteroatoms. The molecule has 0 aliphatic heterocycles. The van der Waals surface area contributed by atoms with Gasteiger partial charge in [0.05, 0.1) is 0 Å². The fourth-order valence-corrected chi connectivity index (χ4v) is 1.52. The molecule has 2 rings (SSSR count). The van der Waals surface area contributed by atoms with Crippen LogP contribution in [0.1, 0.15) is 5.56 Å². The van der Waals surface area contributed by atoms with E-state index < -0.39 is 0 Å². The quantitative estimate of drug-likeness (QED) is 0.811. The summed E-state index contributed by atoms with van der Waals surface area (Å²) in [5.41, 5.74) is 7.80. The van der Waals surface area contributed by atoms with Crippen molar-refractivity contribution < 1.29 is 4.39 Å². The minimum Gasteiger partial charge on any atom is -0.326 e. The molecule has 0 amide bonds. The highest BCUT2D eigenvalue weighted by molar-refractivity contribution is 5.66. The van der Waals surface area contributed by atoms with Crippen molar-refractivity contribution in [3.8, 4) is 11.1 Å². The van der Waals surface area contributed by atoms with Crippen LogP contribution < -0.4 is 5.73 Å². The summed E-state index contributed by atoms with van der Waals surface area (Å²) < 4.78 is 13.5. The van der Waals surface area contributed by atoms with E-state index >= 15 is 0 Å². The fourth-order valence-electron chi connectivity index (χ4n) is 1.52. The Balaban J connectivity index is 2.59. The van der Waals surface area contributed by atoms with Crippen molar-refractivity contribution in [3.05, 3.63) is 54.1 Å². The number of nitrogens with two attached hydrogens (primary N) is 1. The molecular formula is C12H11FN2. The molecule has 0 spiro atoms. The molecule has 0 aliphatic rings. The zero-order valence-corrected chi connectivity index (χ0v) is 8.15. The maximum Gasteiger partial charge on any atom is 0.131 e. The van der Waals surface area contributed by atoms with Crippen LogP contribution in [0.5, 0.6) is 0 Å². The van der Waals surface area contributed by atoms with Gasteiger partial charge < -0.3 is 5.73 Å². The lowest BCUT2D eigenvalue weighted by molar-refractivity contribution is 0.631. The summed E-state index contributed by atoms with van der Waals surface area (Å²) in [6.45, 7) is 0.381. The van der Waals surface area contributed by atoms with Crippen molar-refractivity contribution in [1.29, 1.82) is 0 Å². The molecule has 1 heterocycles. The summed E-state index contributed by atoms with van der Waals surface area (Å²) in [4.78, 5) is 3.99. The molecule has 1 aromatic carbocycles. The van der Waals surface area contributed by atoms with Gasteiger partial charge >= 0.3 is 0 Å². The summed E-state index contributed by atoms with van der Waals surface area (Å²) in [5.74, 6) is -0.250. The molecular weight excluding hydrogens is 191 g/mol. The number of benzene rings is 1. The third kappa shape index (κ3) is 1.87. The standard InChI is InChI=1S/C12H11FN2/c13-12-4-2-1-3-10(12)11-8-15-6-5-9(11)7-14/h1-6,8H,7,14H2. The lowest BCUT2D eigenvalue weighted by atomic mass is 10.0. The van der Waals surface area contributed by atoms with E-state index in [1.807, 2.05) is 6.07 Å². The normalized spacial score (nSPS) is 10.3. The second-order valence-corrected chi connectivity index (χ2v) is 3.22. The summed E-state index contributed by atoms with van der Waals surface area (Å²) in [7, 11) is 0. The molecule has 2 nitrogen and oxygen atoms in total. The van der Waals surface area contributed by atoms with Crippen LogP contribution in [-0.4, -0.2) is 4.98 Å². The fraction of sp³-hybridized carbons (Fsp3) is 0.0833. The summed E-state index contributed by atoms with van der Waals surface area (Å²) >= 11 is 0. The Morgan fingerprint density at radius 2 is 1.93 bits per heavy atom. The topological polar surface area (TPSA) is 38.9 Å². The number of rotatable bonds is 2. The molecule has 0 bridgehead atoms. The highest BCUT2D eigenvalue weighted by Crippen LogP contribution is 2.24. The van der Waals surface area contributed by atoms with Crippen molar-refractivity contribution in [1.82, 2.24) is 4.98 Å². The van der Waals surface area contributed by atoms with Crippen LogP contribution in [0.15, 0.2) is 42.7 Å². The van der Waals surface area contributed by atoms with E-state index in [0.717, 1.165) is 11.1 Å². The number of pyridine rings is 1. The second-order valence-electron chi connectivity index (χ2n) is 3.22. The van der Waals surface area contributed by atoms with E-state index in [1.54, 1.807) is 30.6 Å². The van der Waals surface area contributed by atoms with Gasteiger partial charge in [-0.2, -0.15) is 0 Å². The van der Waals surface area contributed by atoms with Gasteiger partial charge in [0.15, 0.2) is 0 Å². The van der Waals surface area contributed by atoms with Crippen LogP contribution in [-0.2, 0) is 6.54 Å². The van der Waals surface area contributed by atoms with Crippen LogP contribution >= 0.6 is 0 Å². The molecule has 1 aromatic heterocycles. The molecule has 0 unspecified atom stereocenters. The van der Waals surface area contributed by atoms with Crippen LogP contribution in [0, 0.1) is 5.82 Å². The van der Waals surface area contributed by atoms with Crippen molar-refractivity contribution in [2.24, 2.45) is 5.73 Å². The summed E-state index contributed by atoms with van der Waals surface area (Å²) in [6.07, 6.45) is 3.30. The molecule has 76 valence electrons. The molecule has 0 radical (unpaired) electrons. The summed E-state index contributed by atoms with van der Waals surface area (Å²) in [6, 6.07) is 8.43. The van der Waals surface area contributed by atoms with Crippen molar-refractivity contribution >= 4 is 0 Å². The Bertz CT molecular complexity index is 469. The number of hydrogen-bond donors (Lipinski definition) is 1. The number of halogens is 1. The number of aromatic nitrogens is 1. The van der Waals surface area contributed by atoms with Gasteiger partial charge in [-0.1, -0.05) is 18.2 Å². The molecule has 0 saturated carbocycles. The Morgan fingerprint density at radius 3 is 2.67 bits per heavy atom. The highest BCUT2D eigenvalue weighted by Gasteiger charge is 2.07. The largest absolute Gasteiger partial charge is 0.326 e. The van der Waals surface area contributed by atoms with E-state index in [0.29, 0.717) is 12.1 Å². The zero-order valence-electron chi connectivity index (χ0n) is 8.15. The number of hydrogen-bond acceptors (Lipinski definition) is 2. The van der Waals surface area contributed by atoms with E-state index in [9.17, 15) is 4.39 Å². The van der Waals surface area contributed by atoms with Gasteiger partial charge in [-0.05, 0) is 17.7 Å². The molecule has 0 saturated heterocycles. The smallest absolute Gasteiger partial charge is 0.131 e. The first-order valence-corrected chi connectivity index (χ1v) is 4.71. The zero-order chi connectivity index (χ0) is 10.7. The average molecular weight is 202 g/mol. The van der Waals surface area contributed by atoms with E-state index in [2.05, 4.69) is 4.98 Å². The van der Waals surface area contributed by atoms with Gasteiger partial charge in [0.25, 0.3) is 0 Å². The van der Waals surface area contributed by atoms with Gasteiger partial charge in [0.2, 0.25) is 0 Å². The first-order valence-electron chi connectivity index (χ1n) is 4.71. The Kier molecular flexibility index (Phi) is 2.74. The predicted octanol–water partition coefficient (Wildman–Crippen LogP) is 2.35.